The normalized spacial score (nSPS) is 24.7. The summed E-state index contributed by atoms with van der Waals surface area (Å²) in [4.78, 5) is 23.3. The van der Waals surface area contributed by atoms with Crippen molar-refractivity contribution in [2.75, 3.05) is 11.9 Å². The van der Waals surface area contributed by atoms with Crippen molar-refractivity contribution in [2.45, 2.75) is 55.1 Å². The minimum atomic E-state index is -4.03. The summed E-state index contributed by atoms with van der Waals surface area (Å²) in [6.45, 7) is 0.447. The Morgan fingerprint density at radius 3 is 2.81 bits per heavy atom. The average molecular weight is 394 g/mol. The van der Waals surface area contributed by atoms with E-state index in [1.54, 1.807) is 0 Å². The van der Waals surface area contributed by atoms with Crippen LogP contribution in [0.1, 0.15) is 37.7 Å². The van der Waals surface area contributed by atoms with Crippen LogP contribution in [0.3, 0.4) is 0 Å². The molecule has 8 nitrogen and oxygen atoms in total. The van der Waals surface area contributed by atoms with Crippen LogP contribution in [0.25, 0.3) is 0 Å². The third-order valence-corrected chi connectivity index (χ3v) is 7.27. The molecule has 2 aliphatic heterocycles. The zero-order valence-electron chi connectivity index (χ0n) is 14.7. The summed E-state index contributed by atoms with van der Waals surface area (Å²) in [5.74, 6) is -1.69. The van der Waals surface area contributed by atoms with Crippen molar-refractivity contribution in [3.05, 3.63) is 23.8 Å². The Labute approximate surface area is 157 Å². The van der Waals surface area contributed by atoms with Gasteiger partial charge in [0.1, 0.15) is 6.04 Å². The number of ether oxygens (including phenoxy) is 1. The van der Waals surface area contributed by atoms with Crippen LogP contribution in [-0.4, -0.2) is 43.7 Å². The Balaban J connectivity index is 1.55. The Kier molecular flexibility index (Phi) is 4.48. The molecular weight excluding hydrogens is 372 g/mol. The van der Waals surface area contributed by atoms with Crippen molar-refractivity contribution in [1.82, 2.24) is 4.72 Å². The van der Waals surface area contributed by atoms with E-state index in [2.05, 4.69) is 10.0 Å². The van der Waals surface area contributed by atoms with E-state index in [0.717, 1.165) is 19.3 Å². The average Bonchev–Trinajstić information content (AvgIpc) is 2.97. The molecule has 1 saturated carbocycles. The number of nitrogens with one attached hydrogen (secondary N) is 2. The Morgan fingerprint density at radius 1 is 1.37 bits per heavy atom. The van der Waals surface area contributed by atoms with Crippen molar-refractivity contribution in [3.63, 3.8) is 0 Å². The molecule has 2 fully saturated rings. The third-order valence-electron chi connectivity index (χ3n) is 5.83. The zero-order chi connectivity index (χ0) is 19.2. The predicted molar refractivity (Wildman–Crippen MR) is 95.8 cm³/mol. The second-order valence-electron chi connectivity index (χ2n) is 7.62. The zero-order valence-corrected chi connectivity index (χ0v) is 15.5. The van der Waals surface area contributed by atoms with E-state index < -0.39 is 22.0 Å². The summed E-state index contributed by atoms with van der Waals surface area (Å²) in [5.41, 5.74) is 0.904. The molecule has 3 aliphatic rings. The summed E-state index contributed by atoms with van der Waals surface area (Å²) >= 11 is 0. The number of aliphatic carboxylic acids is 1. The first kappa shape index (κ1) is 18.4. The molecule has 2 atom stereocenters. The number of fused-ring (bicyclic) bond motifs is 1. The fraction of sp³-hybridized carbons (Fsp3) is 0.556. The molecule has 0 radical (unpaired) electrons. The van der Waals surface area contributed by atoms with Gasteiger partial charge in [0.15, 0.2) is 0 Å². The van der Waals surface area contributed by atoms with Crippen LogP contribution in [0.5, 0.6) is 0 Å². The van der Waals surface area contributed by atoms with Gasteiger partial charge < -0.3 is 15.2 Å². The molecular formula is C18H22N2O6S. The predicted octanol–water partition coefficient (Wildman–Crippen LogP) is 1.26. The molecule has 9 heteroatoms. The number of rotatable bonds is 5. The first-order chi connectivity index (χ1) is 12.8. The molecule has 27 heavy (non-hydrogen) atoms. The molecule has 2 heterocycles. The lowest BCUT2D eigenvalue weighted by molar-refractivity contribution is -0.157. The van der Waals surface area contributed by atoms with Gasteiger partial charge in [-0.2, -0.15) is 4.72 Å². The van der Waals surface area contributed by atoms with Crippen molar-refractivity contribution in [2.24, 2.45) is 5.92 Å². The van der Waals surface area contributed by atoms with E-state index in [9.17, 15) is 23.1 Å². The smallest absolute Gasteiger partial charge is 0.322 e. The lowest BCUT2D eigenvalue weighted by atomic mass is 9.70. The molecule has 3 N–H and O–H groups in total. The number of benzene rings is 1. The largest absolute Gasteiger partial charge is 0.480 e. The number of carboxylic acids is 1. The fourth-order valence-electron chi connectivity index (χ4n) is 4.23. The molecule has 1 spiro atoms. The number of hydrogen-bond donors (Lipinski definition) is 3. The van der Waals surface area contributed by atoms with Gasteiger partial charge in [-0.15, -0.1) is 0 Å². The van der Waals surface area contributed by atoms with E-state index in [0.29, 0.717) is 30.7 Å². The highest BCUT2D eigenvalue weighted by Gasteiger charge is 2.46. The molecule has 0 aromatic heterocycles. The molecule has 1 aromatic carbocycles. The van der Waals surface area contributed by atoms with Gasteiger partial charge in [0.05, 0.1) is 16.9 Å². The number of carbonyl (C=O) groups excluding carboxylic acids is 1. The van der Waals surface area contributed by atoms with Gasteiger partial charge in [0.25, 0.3) is 0 Å². The first-order valence-corrected chi connectivity index (χ1v) is 10.6. The van der Waals surface area contributed by atoms with Crippen molar-refractivity contribution in [3.8, 4) is 0 Å². The first-order valence-electron chi connectivity index (χ1n) is 9.10. The molecule has 2 unspecified atom stereocenters. The highest BCUT2D eigenvalue weighted by atomic mass is 32.2. The number of amides is 1. The number of hydrogen-bond acceptors (Lipinski definition) is 5. The minimum absolute atomic E-state index is 0.0329. The molecule has 1 aromatic rings. The third kappa shape index (κ3) is 3.46. The summed E-state index contributed by atoms with van der Waals surface area (Å²) in [5, 5.41) is 12.3. The Hall–Kier alpha value is -1.97. The van der Waals surface area contributed by atoms with Crippen LogP contribution >= 0.6 is 0 Å². The lowest BCUT2D eigenvalue weighted by Crippen LogP contribution is -2.53. The van der Waals surface area contributed by atoms with Gasteiger partial charge in [0, 0.05) is 12.3 Å². The maximum absolute atomic E-state index is 12.8. The van der Waals surface area contributed by atoms with E-state index in [1.165, 1.54) is 18.2 Å². The van der Waals surface area contributed by atoms with Crippen LogP contribution in [0, 0.1) is 5.92 Å². The van der Waals surface area contributed by atoms with Crippen LogP contribution in [0.2, 0.25) is 0 Å². The van der Waals surface area contributed by atoms with Gasteiger partial charge in [-0.1, -0.05) is 0 Å². The van der Waals surface area contributed by atoms with Crippen LogP contribution in [0.4, 0.5) is 5.69 Å². The fourth-order valence-corrected chi connectivity index (χ4v) is 5.53. The van der Waals surface area contributed by atoms with Crippen LogP contribution < -0.4 is 10.0 Å². The second-order valence-corrected chi connectivity index (χ2v) is 9.33. The highest BCUT2D eigenvalue weighted by molar-refractivity contribution is 7.89. The van der Waals surface area contributed by atoms with E-state index in [4.69, 9.17) is 4.74 Å². The molecule has 4 rings (SSSR count). The molecule has 146 valence electrons. The lowest BCUT2D eigenvalue weighted by Gasteiger charge is -2.48. The summed E-state index contributed by atoms with van der Waals surface area (Å²) in [7, 11) is -4.03. The van der Waals surface area contributed by atoms with Crippen molar-refractivity contribution >= 4 is 27.6 Å². The van der Waals surface area contributed by atoms with E-state index in [1.807, 2.05) is 0 Å². The van der Waals surface area contributed by atoms with Crippen molar-refractivity contribution in [1.29, 1.82) is 0 Å². The SMILES string of the molecule is O=C1Cc2cc(S(=O)(=O)NC(C(=O)O)C3CCOC4(CCC4)C3)ccc2N1. The number of sulfonamides is 1. The Morgan fingerprint density at radius 2 is 2.15 bits per heavy atom. The number of carboxylic acid groups (broad SMARTS) is 1. The van der Waals surface area contributed by atoms with Gasteiger partial charge >= 0.3 is 5.97 Å². The maximum atomic E-state index is 12.8. The van der Waals surface area contributed by atoms with E-state index in [-0.39, 0.29) is 28.7 Å². The summed E-state index contributed by atoms with van der Waals surface area (Å²) in [6, 6.07) is 3.13. The van der Waals surface area contributed by atoms with Gasteiger partial charge in [-0.3, -0.25) is 9.59 Å². The summed E-state index contributed by atoms with van der Waals surface area (Å²) < 4.78 is 33.8. The Bertz CT molecular complexity index is 893. The van der Waals surface area contributed by atoms with E-state index >= 15 is 0 Å². The quantitative estimate of drug-likeness (QED) is 0.691. The molecule has 1 amide bonds. The standard InChI is InChI=1S/C18H22N2O6S/c21-15-9-12-8-13(2-3-14(12)19-15)27(24,25)20-16(17(22)23)11-4-7-26-18(10-11)5-1-6-18/h2-3,8,11,16,20H,1,4-7,9-10H2,(H,19,21)(H,22,23). The van der Waals surface area contributed by atoms with Gasteiger partial charge in [0.2, 0.25) is 15.9 Å². The monoisotopic (exact) mass is 394 g/mol. The number of anilines is 1. The highest BCUT2D eigenvalue weighted by Crippen LogP contribution is 2.45. The topological polar surface area (TPSA) is 122 Å². The van der Waals surface area contributed by atoms with Gasteiger partial charge in [-0.05, 0) is 61.8 Å². The van der Waals surface area contributed by atoms with Crippen molar-refractivity contribution < 1.29 is 27.9 Å². The van der Waals surface area contributed by atoms with Crippen LogP contribution in [-0.2, 0) is 30.8 Å². The van der Waals surface area contributed by atoms with Crippen LogP contribution in [0.15, 0.2) is 23.1 Å². The summed E-state index contributed by atoms with van der Waals surface area (Å²) in [6.07, 6.45) is 4.02. The minimum Gasteiger partial charge on any atom is -0.480 e. The maximum Gasteiger partial charge on any atom is 0.322 e. The number of carbonyl (C=O) groups is 2. The molecule has 0 bridgehead atoms. The molecule has 1 saturated heterocycles. The van der Waals surface area contributed by atoms with Gasteiger partial charge in [-0.25, -0.2) is 8.42 Å². The molecule has 1 aliphatic carbocycles. The second kappa shape index (κ2) is 6.57.